The van der Waals surface area contributed by atoms with Crippen LogP contribution in [0.5, 0.6) is 0 Å². The van der Waals surface area contributed by atoms with Crippen molar-refractivity contribution in [3.63, 3.8) is 0 Å². The first kappa shape index (κ1) is 13.3. The van der Waals surface area contributed by atoms with Crippen molar-refractivity contribution in [2.45, 2.75) is 18.9 Å². The number of aryl methyl sites for hydroxylation is 1. The van der Waals surface area contributed by atoms with Crippen molar-refractivity contribution in [1.82, 2.24) is 5.32 Å². The maximum absolute atomic E-state index is 3.48. The highest BCUT2D eigenvalue weighted by atomic mass is 32.1. The molecule has 1 atom stereocenters. The van der Waals surface area contributed by atoms with Gasteiger partial charge in [-0.05, 0) is 47.7 Å². The van der Waals surface area contributed by atoms with Gasteiger partial charge in [0.05, 0.1) is 0 Å². The highest BCUT2D eigenvalue weighted by Gasteiger charge is 2.12. The van der Waals surface area contributed by atoms with Crippen LogP contribution in [-0.4, -0.2) is 7.05 Å². The van der Waals surface area contributed by atoms with Gasteiger partial charge in [0.15, 0.2) is 0 Å². The van der Waals surface area contributed by atoms with Gasteiger partial charge >= 0.3 is 0 Å². The number of fused-ring (bicyclic) bond motifs is 1. The fourth-order valence-electron chi connectivity index (χ4n) is 2.75. The number of nitrogens with one attached hydrogen (secondary N) is 1. The van der Waals surface area contributed by atoms with Crippen LogP contribution in [0.25, 0.3) is 10.8 Å². The molecule has 1 aromatic heterocycles. The topological polar surface area (TPSA) is 12.0 Å². The Kier molecular flexibility index (Phi) is 4.14. The van der Waals surface area contributed by atoms with Gasteiger partial charge in [0.25, 0.3) is 0 Å². The van der Waals surface area contributed by atoms with Gasteiger partial charge in [-0.2, -0.15) is 0 Å². The van der Waals surface area contributed by atoms with Gasteiger partial charge in [0.2, 0.25) is 0 Å². The summed E-state index contributed by atoms with van der Waals surface area (Å²) >= 11 is 1.85. The molecule has 0 amide bonds. The number of rotatable bonds is 5. The van der Waals surface area contributed by atoms with Crippen molar-refractivity contribution < 1.29 is 0 Å². The highest BCUT2D eigenvalue weighted by Crippen LogP contribution is 2.27. The Morgan fingerprint density at radius 3 is 2.65 bits per heavy atom. The van der Waals surface area contributed by atoms with Crippen molar-refractivity contribution in [2.75, 3.05) is 7.05 Å². The van der Waals surface area contributed by atoms with Crippen molar-refractivity contribution >= 4 is 22.1 Å². The van der Waals surface area contributed by atoms with Crippen LogP contribution in [0.3, 0.4) is 0 Å². The first-order valence-electron chi connectivity index (χ1n) is 7.06. The Labute approximate surface area is 124 Å². The summed E-state index contributed by atoms with van der Waals surface area (Å²) in [5.74, 6) is 0. The van der Waals surface area contributed by atoms with E-state index < -0.39 is 0 Å². The largest absolute Gasteiger partial charge is 0.313 e. The van der Waals surface area contributed by atoms with E-state index in [0.717, 1.165) is 12.8 Å². The summed E-state index contributed by atoms with van der Waals surface area (Å²) in [6.45, 7) is 0. The second kappa shape index (κ2) is 6.21. The molecule has 1 N–H and O–H groups in total. The summed E-state index contributed by atoms with van der Waals surface area (Å²) < 4.78 is 0. The predicted octanol–water partition coefficient (Wildman–Crippen LogP) is 4.79. The zero-order valence-electron chi connectivity index (χ0n) is 11.7. The molecule has 3 aromatic rings. The van der Waals surface area contributed by atoms with E-state index in [-0.39, 0.29) is 0 Å². The Balaban J connectivity index is 1.87. The molecule has 2 aromatic carbocycles. The molecule has 0 bridgehead atoms. The number of benzene rings is 2. The molecule has 0 aliphatic heterocycles. The van der Waals surface area contributed by atoms with Crippen molar-refractivity contribution in [1.29, 1.82) is 0 Å². The summed E-state index contributed by atoms with van der Waals surface area (Å²) in [7, 11) is 2.06. The zero-order chi connectivity index (χ0) is 13.8. The van der Waals surface area contributed by atoms with E-state index in [0.29, 0.717) is 6.04 Å². The smallest absolute Gasteiger partial charge is 0.0327 e. The minimum absolute atomic E-state index is 0.406. The lowest BCUT2D eigenvalue weighted by atomic mass is 9.95. The summed E-state index contributed by atoms with van der Waals surface area (Å²) in [6.07, 6.45) is 2.26. The van der Waals surface area contributed by atoms with Crippen LogP contribution in [0.15, 0.2) is 60.0 Å². The molecule has 0 saturated heterocycles. The Morgan fingerprint density at radius 2 is 1.85 bits per heavy atom. The lowest BCUT2D eigenvalue weighted by Crippen LogP contribution is -2.17. The van der Waals surface area contributed by atoms with Gasteiger partial charge in [-0.15, -0.1) is 11.3 Å². The summed E-state index contributed by atoms with van der Waals surface area (Å²) in [5.41, 5.74) is 1.40. The maximum Gasteiger partial charge on any atom is 0.0327 e. The van der Waals surface area contributed by atoms with Gasteiger partial charge in [-0.25, -0.2) is 0 Å². The molecule has 0 aliphatic carbocycles. The van der Waals surface area contributed by atoms with E-state index in [1.54, 1.807) is 0 Å². The predicted molar refractivity (Wildman–Crippen MR) is 88.4 cm³/mol. The summed E-state index contributed by atoms with van der Waals surface area (Å²) in [5, 5.41) is 8.31. The van der Waals surface area contributed by atoms with Gasteiger partial charge in [0, 0.05) is 10.9 Å². The van der Waals surface area contributed by atoms with E-state index >= 15 is 0 Å². The first-order chi connectivity index (χ1) is 9.88. The molecule has 3 rings (SSSR count). The van der Waals surface area contributed by atoms with Crippen LogP contribution in [0.1, 0.15) is 22.9 Å². The van der Waals surface area contributed by atoms with E-state index in [2.05, 4.69) is 72.3 Å². The third-order valence-corrected chi connectivity index (χ3v) is 4.74. The molecular formula is C18H19NS. The summed E-state index contributed by atoms with van der Waals surface area (Å²) in [4.78, 5) is 1.46. The average molecular weight is 281 g/mol. The van der Waals surface area contributed by atoms with Gasteiger partial charge in [0.1, 0.15) is 0 Å². The zero-order valence-corrected chi connectivity index (χ0v) is 12.5. The lowest BCUT2D eigenvalue weighted by Gasteiger charge is -2.18. The minimum Gasteiger partial charge on any atom is -0.313 e. The second-order valence-electron chi connectivity index (χ2n) is 5.03. The van der Waals surface area contributed by atoms with Crippen molar-refractivity contribution in [3.8, 4) is 0 Å². The van der Waals surface area contributed by atoms with Crippen LogP contribution < -0.4 is 5.32 Å². The molecule has 0 spiro atoms. The number of hydrogen-bond acceptors (Lipinski definition) is 2. The van der Waals surface area contributed by atoms with E-state index in [1.165, 1.54) is 21.2 Å². The van der Waals surface area contributed by atoms with E-state index in [1.807, 2.05) is 11.3 Å². The van der Waals surface area contributed by atoms with Crippen molar-refractivity contribution in [3.05, 3.63) is 70.4 Å². The third kappa shape index (κ3) is 2.77. The number of hydrogen-bond donors (Lipinski definition) is 1. The van der Waals surface area contributed by atoms with Crippen LogP contribution in [0.2, 0.25) is 0 Å². The standard InChI is InChI=1S/C18H19NS/c1-19-18(12-11-15-8-5-13-20-15)17-10-4-7-14-6-2-3-9-16(14)17/h2-10,13,18-19H,11-12H2,1H3. The van der Waals surface area contributed by atoms with Gasteiger partial charge < -0.3 is 5.32 Å². The first-order valence-corrected chi connectivity index (χ1v) is 7.94. The SMILES string of the molecule is CNC(CCc1cccs1)c1cccc2ccccc12. The number of thiophene rings is 1. The quantitative estimate of drug-likeness (QED) is 0.708. The lowest BCUT2D eigenvalue weighted by molar-refractivity contribution is 0.555. The Hall–Kier alpha value is -1.64. The average Bonchev–Trinajstić information content (AvgIpc) is 3.01. The fraction of sp³-hybridized carbons (Fsp3) is 0.222. The molecule has 0 fully saturated rings. The van der Waals surface area contributed by atoms with E-state index in [9.17, 15) is 0 Å². The van der Waals surface area contributed by atoms with Crippen LogP contribution >= 0.6 is 11.3 Å². The molecule has 0 radical (unpaired) electrons. The molecule has 1 unspecified atom stereocenters. The minimum atomic E-state index is 0.406. The molecule has 1 heterocycles. The van der Waals surface area contributed by atoms with Crippen LogP contribution in [0.4, 0.5) is 0 Å². The maximum atomic E-state index is 3.48. The normalized spacial score (nSPS) is 12.7. The molecule has 102 valence electrons. The Bertz CT molecular complexity index is 667. The third-order valence-electron chi connectivity index (χ3n) is 3.81. The molecule has 2 heteroatoms. The van der Waals surface area contributed by atoms with Gasteiger partial charge in [-0.1, -0.05) is 48.5 Å². The fourth-order valence-corrected chi connectivity index (χ4v) is 3.48. The molecule has 0 aliphatic rings. The molecule has 20 heavy (non-hydrogen) atoms. The van der Waals surface area contributed by atoms with Crippen molar-refractivity contribution in [2.24, 2.45) is 0 Å². The summed E-state index contributed by atoms with van der Waals surface area (Å²) in [6, 6.07) is 20.0. The molecule has 0 saturated carbocycles. The van der Waals surface area contributed by atoms with E-state index in [4.69, 9.17) is 0 Å². The van der Waals surface area contributed by atoms with Gasteiger partial charge in [-0.3, -0.25) is 0 Å². The Morgan fingerprint density at radius 1 is 1.00 bits per heavy atom. The second-order valence-corrected chi connectivity index (χ2v) is 6.06. The highest BCUT2D eigenvalue weighted by molar-refractivity contribution is 7.09. The van der Waals surface area contributed by atoms with Crippen LogP contribution in [0, 0.1) is 0 Å². The van der Waals surface area contributed by atoms with Crippen LogP contribution in [-0.2, 0) is 6.42 Å². The molecule has 1 nitrogen and oxygen atoms in total. The molecular weight excluding hydrogens is 262 g/mol. The monoisotopic (exact) mass is 281 g/mol.